The first-order valence-corrected chi connectivity index (χ1v) is 10.8. The number of carbonyl (C=O) groups is 2. The molecule has 17 heteroatoms. The van der Waals surface area contributed by atoms with Crippen molar-refractivity contribution in [2.45, 2.75) is 42.2 Å². The molecule has 3 aromatic rings. The van der Waals surface area contributed by atoms with Gasteiger partial charge in [-0.15, -0.1) is 0 Å². The van der Waals surface area contributed by atoms with Crippen LogP contribution < -0.4 is 5.73 Å². The Morgan fingerprint density at radius 1 is 1.39 bits per heavy atom. The van der Waals surface area contributed by atoms with E-state index >= 15 is 4.39 Å². The first kappa shape index (κ1) is 24.8. The Labute approximate surface area is 210 Å². The van der Waals surface area contributed by atoms with Crippen molar-refractivity contribution in [1.82, 2.24) is 19.5 Å². The molecular formula is C21H16FN9O7. The predicted molar refractivity (Wildman–Crippen MR) is 120 cm³/mol. The third-order valence-corrected chi connectivity index (χ3v) is 6.43. The van der Waals surface area contributed by atoms with Crippen molar-refractivity contribution in [3.63, 3.8) is 0 Å². The number of alkyl halides is 1. The zero-order valence-electron chi connectivity index (χ0n) is 18.9. The molecule has 0 bridgehead atoms. The Hall–Kier alpha value is -4.88. The standard InChI is InChI=1S/C21H16FN9O7/c22-11-16(31-7-26-10-14(24)27-19(29-30-25)28-15(10)31)37-12-13(21(11,12)36)38-20(17(32)33,18(34)35)5-8-2-1-3-9(4-8)6-23/h1-4,7,11-13,16,36H,5H2,(H,32,33)(H,34,35)(H2,24,27,28). The minimum Gasteiger partial charge on any atom is -0.479 e. The van der Waals surface area contributed by atoms with E-state index < -0.39 is 54.2 Å². The molecule has 5 unspecified atom stereocenters. The van der Waals surface area contributed by atoms with E-state index in [1.54, 1.807) is 0 Å². The van der Waals surface area contributed by atoms with E-state index in [2.05, 4.69) is 25.0 Å². The highest BCUT2D eigenvalue weighted by Crippen LogP contribution is 2.58. The number of hydrogen-bond acceptors (Lipinski definition) is 11. The Kier molecular flexibility index (Phi) is 5.62. The number of aliphatic carboxylic acids is 2. The largest absolute Gasteiger partial charge is 0.479 e. The second kappa shape index (κ2) is 8.61. The molecule has 0 amide bonds. The summed E-state index contributed by atoms with van der Waals surface area (Å²) in [6.45, 7) is 0. The predicted octanol–water partition coefficient (Wildman–Crippen LogP) is 0.738. The van der Waals surface area contributed by atoms with Gasteiger partial charge in [0.2, 0.25) is 5.95 Å². The van der Waals surface area contributed by atoms with Crippen molar-refractivity contribution >= 4 is 34.9 Å². The summed E-state index contributed by atoms with van der Waals surface area (Å²) in [4.78, 5) is 38.6. The van der Waals surface area contributed by atoms with E-state index in [-0.39, 0.29) is 34.1 Å². The van der Waals surface area contributed by atoms with Crippen molar-refractivity contribution in [2.24, 2.45) is 5.11 Å². The molecule has 2 fully saturated rings. The van der Waals surface area contributed by atoms with Gasteiger partial charge in [-0.1, -0.05) is 12.1 Å². The van der Waals surface area contributed by atoms with Crippen molar-refractivity contribution in [1.29, 1.82) is 5.26 Å². The van der Waals surface area contributed by atoms with Crippen LogP contribution >= 0.6 is 0 Å². The van der Waals surface area contributed by atoms with Crippen LogP contribution in [0.1, 0.15) is 17.4 Å². The van der Waals surface area contributed by atoms with Crippen LogP contribution in [0.15, 0.2) is 35.7 Å². The van der Waals surface area contributed by atoms with Crippen LogP contribution in [0.3, 0.4) is 0 Å². The number of fused-ring (bicyclic) bond motifs is 2. The smallest absolute Gasteiger partial charge is 0.348 e. The lowest BCUT2D eigenvalue weighted by Gasteiger charge is -2.28. The number of anilines is 1. The first-order chi connectivity index (χ1) is 18.1. The van der Waals surface area contributed by atoms with Gasteiger partial charge in [0.15, 0.2) is 29.5 Å². The van der Waals surface area contributed by atoms with Crippen molar-refractivity contribution in [2.75, 3.05) is 5.73 Å². The number of hydrogen-bond donors (Lipinski definition) is 4. The van der Waals surface area contributed by atoms with Crippen LogP contribution in [0.2, 0.25) is 0 Å². The molecule has 194 valence electrons. The molecule has 1 saturated carbocycles. The number of azide groups is 1. The maximum absolute atomic E-state index is 15.6. The third-order valence-electron chi connectivity index (χ3n) is 6.43. The lowest BCUT2D eigenvalue weighted by Crippen LogP contribution is -2.53. The molecule has 5 atom stereocenters. The van der Waals surface area contributed by atoms with Crippen LogP contribution in [0.4, 0.5) is 16.2 Å². The minimum atomic E-state index is -2.93. The average Bonchev–Trinajstić information content (AvgIpc) is 3.13. The number of nitrogens with two attached hydrogens (primary N) is 1. The number of aromatic nitrogens is 4. The fourth-order valence-corrected chi connectivity index (χ4v) is 4.47. The molecule has 3 heterocycles. The highest BCUT2D eigenvalue weighted by Gasteiger charge is 2.80. The molecule has 16 nitrogen and oxygen atoms in total. The summed E-state index contributed by atoms with van der Waals surface area (Å²) in [5.41, 5.74) is 9.36. The van der Waals surface area contributed by atoms with Gasteiger partial charge in [-0.25, -0.2) is 28.9 Å². The summed E-state index contributed by atoms with van der Waals surface area (Å²) < 4.78 is 27.7. The van der Waals surface area contributed by atoms with Gasteiger partial charge in [0.05, 0.1) is 18.0 Å². The maximum atomic E-state index is 15.6. The first-order valence-electron chi connectivity index (χ1n) is 10.8. The van der Waals surface area contributed by atoms with E-state index in [0.717, 1.165) is 10.9 Å². The fourth-order valence-electron chi connectivity index (χ4n) is 4.47. The van der Waals surface area contributed by atoms with Gasteiger partial charge in [-0.2, -0.15) is 5.26 Å². The molecule has 38 heavy (non-hydrogen) atoms. The van der Waals surface area contributed by atoms with E-state index in [1.165, 1.54) is 24.3 Å². The van der Waals surface area contributed by atoms with Crippen molar-refractivity contribution < 1.29 is 38.8 Å². The van der Waals surface area contributed by atoms with Gasteiger partial charge in [0.1, 0.15) is 17.7 Å². The lowest BCUT2D eigenvalue weighted by molar-refractivity contribution is -0.194. The number of imidazole rings is 1. The maximum Gasteiger partial charge on any atom is 0.348 e. The van der Waals surface area contributed by atoms with Crippen LogP contribution in [0.25, 0.3) is 21.6 Å². The van der Waals surface area contributed by atoms with E-state index in [1.807, 2.05) is 6.07 Å². The highest BCUT2D eigenvalue weighted by atomic mass is 19.1. The second-order valence-electron chi connectivity index (χ2n) is 8.62. The highest BCUT2D eigenvalue weighted by molar-refractivity contribution is 6.02. The van der Waals surface area contributed by atoms with Gasteiger partial charge in [0, 0.05) is 11.3 Å². The number of halogens is 1. The number of nitrogen functional groups attached to an aromatic ring is 1. The lowest BCUT2D eigenvalue weighted by atomic mass is 9.93. The number of nitriles is 1. The van der Waals surface area contributed by atoms with Crippen LogP contribution in [0.5, 0.6) is 0 Å². The van der Waals surface area contributed by atoms with E-state index in [0.29, 0.717) is 0 Å². The Morgan fingerprint density at radius 2 is 2.13 bits per heavy atom. The number of carboxylic acids is 2. The number of aliphatic hydroxyl groups is 1. The van der Waals surface area contributed by atoms with E-state index in [9.17, 15) is 24.9 Å². The summed E-state index contributed by atoms with van der Waals surface area (Å²) in [6, 6.07) is 7.43. The van der Waals surface area contributed by atoms with Crippen molar-refractivity contribution in [3.8, 4) is 6.07 Å². The van der Waals surface area contributed by atoms with Crippen LogP contribution in [0, 0.1) is 11.3 Å². The molecule has 1 aliphatic carbocycles. The summed E-state index contributed by atoms with van der Waals surface area (Å²) in [5, 5.41) is 43.0. The van der Waals surface area contributed by atoms with Crippen LogP contribution in [-0.4, -0.2) is 76.4 Å². The monoisotopic (exact) mass is 525 g/mol. The number of rotatable bonds is 8. The van der Waals surface area contributed by atoms with Gasteiger partial charge >= 0.3 is 11.9 Å². The van der Waals surface area contributed by atoms with E-state index in [4.69, 9.17) is 26.0 Å². The van der Waals surface area contributed by atoms with Crippen molar-refractivity contribution in [3.05, 3.63) is 52.2 Å². The zero-order valence-corrected chi connectivity index (χ0v) is 18.9. The van der Waals surface area contributed by atoms with Gasteiger partial charge < -0.3 is 30.5 Å². The normalized spacial score (nSPS) is 25.8. The molecule has 2 aliphatic rings. The molecule has 1 saturated heterocycles. The van der Waals surface area contributed by atoms with Gasteiger partial charge in [-0.3, -0.25) is 4.57 Å². The Morgan fingerprint density at radius 3 is 2.74 bits per heavy atom. The van der Waals surface area contributed by atoms with Gasteiger partial charge in [0.25, 0.3) is 5.60 Å². The molecule has 2 aromatic heterocycles. The second-order valence-corrected chi connectivity index (χ2v) is 8.62. The quantitative estimate of drug-likeness (QED) is 0.137. The zero-order chi connectivity index (χ0) is 27.4. The summed E-state index contributed by atoms with van der Waals surface area (Å²) in [6.07, 6.45) is -6.52. The molecular weight excluding hydrogens is 509 g/mol. The molecule has 0 spiro atoms. The average molecular weight is 525 g/mol. The third kappa shape index (κ3) is 3.55. The summed E-state index contributed by atoms with van der Waals surface area (Å²) in [7, 11) is 0. The topological polar surface area (TPSA) is 255 Å². The molecule has 1 aromatic carbocycles. The Bertz CT molecular complexity index is 1570. The number of carboxylic acid groups (broad SMARTS) is 2. The summed E-state index contributed by atoms with van der Waals surface area (Å²) >= 11 is 0. The Balaban J connectivity index is 1.43. The molecule has 0 radical (unpaired) electrons. The number of nitrogens with zero attached hydrogens (tertiary/aromatic N) is 8. The van der Waals surface area contributed by atoms with Gasteiger partial charge in [-0.05, 0) is 28.3 Å². The summed E-state index contributed by atoms with van der Waals surface area (Å²) in [5.74, 6) is -4.33. The molecule has 5 N–H and O–H groups in total. The number of benzene rings is 1. The SMILES string of the molecule is N#Cc1cccc(CC(OC2C3OC(n4cnc5c(N)nc(N=[N+]=[N-])nc54)C(F)C32O)(C(=O)O)C(=O)O)c1. The molecule has 1 aliphatic heterocycles. The van der Waals surface area contributed by atoms with Crippen LogP contribution in [-0.2, 0) is 25.5 Å². The fraction of sp³-hybridized carbons (Fsp3) is 0.333. The number of ether oxygens (including phenoxy) is 2. The minimum absolute atomic E-state index is 0.0356. The molecule has 5 rings (SSSR count).